The Bertz CT molecular complexity index is 1250. The number of para-hydroxylation sites is 1. The molecule has 38 heavy (non-hydrogen) atoms. The summed E-state index contributed by atoms with van der Waals surface area (Å²) in [6, 6.07) is 5.77. The van der Waals surface area contributed by atoms with Crippen LogP contribution in [-0.4, -0.2) is 96.1 Å². The number of carbonyl (C=O) groups is 3. The standard InChI is InChI=1S/C26H32BrN5O6/c1-4-11-30(14-31-18-10-8-7-9-17(18)28-29-31)24(35)22-26-12-16(27)21(38-26)19(25(36)37-6-3)20(26)23(34)32(22)15(5-2)13-33/h4,7-10,15-16,19-22,33H,1,5-6,11-14H2,2-3H3/t15-,16?,19-,20-,21-,22?,26?/m0/s1. The van der Waals surface area contributed by atoms with Crippen LogP contribution in [0.15, 0.2) is 36.9 Å². The van der Waals surface area contributed by atoms with Crippen molar-refractivity contribution in [2.45, 2.75) is 62.0 Å². The fraction of sp³-hybridized carbons (Fsp3) is 0.577. The molecule has 3 aliphatic rings. The molecule has 204 valence electrons. The number of hydrogen-bond acceptors (Lipinski definition) is 8. The minimum absolute atomic E-state index is 0.0725. The van der Waals surface area contributed by atoms with Crippen LogP contribution in [0.2, 0.25) is 0 Å². The van der Waals surface area contributed by atoms with E-state index in [0.717, 1.165) is 5.52 Å². The molecule has 2 aromatic rings. The van der Waals surface area contributed by atoms with Crippen molar-refractivity contribution in [1.29, 1.82) is 0 Å². The molecular weight excluding hydrogens is 558 g/mol. The van der Waals surface area contributed by atoms with Gasteiger partial charge in [-0.25, -0.2) is 4.68 Å². The zero-order chi connectivity index (χ0) is 27.2. The Hall–Kier alpha value is -2.83. The third kappa shape index (κ3) is 3.95. The second kappa shape index (κ2) is 10.4. The number of fused-ring (bicyclic) bond motifs is 2. The summed E-state index contributed by atoms with van der Waals surface area (Å²) in [5, 5.41) is 18.6. The van der Waals surface area contributed by atoms with Crippen LogP contribution in [0, 0.1) is 11.8 Å². The van der Waals surface area contributed by atoms with Gasteiger partial charge in [0, 0.05) is 11.4 Å². The molecule has 5 rings (SSSR count). The molecule has 1 spiro atoms. The highest BCUT2D eigenvalue weighted by Crippen LogP contribution is 2.60. The summed E-state index contributed by atoms with van der Waals surface area (Å²) < 4.78 is 13.4. The van der Waals surface area contributed by atoms with Gasteiger partial charge >= 0.3 is 5.97 Å². The van der Waals surface area contributed by atoms with Crippen LogP contribution < -0.4 is 0 Å². The Morgan fingerprint density at radius 1 is 1.39 bits per heavy atom. The third-order valence-electron chi connectivity index (χ3n) is 7.98. The van der Waals surface area contributed by atoms with Gasteiger partial charge in [0.15, 0.2) is 0 Å². The first kappa shape index (κ1) is 26.8. The first-order valence-corrected chi connectivity index (χ1v) is 13.8. The van der Waals surface area contributed by atoms with Crippen LogP contribution in [-0.2, 0) is 30.5 Å². The molecule has 1 aromatic carbocycles. The van der Waals surface area contributed by atoms with Crippen molar-refractivity contribution in [3.63, 3.8) is 0 Å². The van der Waals surface area contributed by atoms with E-state index in [1.54, 1.807) is 22.6 Å². The van der Waals surface area contributed by atoms with Crippen LogP contribution in [0.25, 0.3) is 11.0 Å². The van der Waals surface area contributed by atoms with Gasteiger partial charge in [0.25, 0.3) is 0 Å². The molecule has 3 aliphatic heterocycles. The summed E-state index contributed by atoms with van der Waals surface area (Å²) >= 11 is 3.64. The third-order valence-corrected chi connectivity index (χ3v) is 8.83. The summed E-state index contributed by atoms with van der Waals surface area (Å²) in [6.45, 7) is 7.48. The number of rotatable bonds is 10. The Kier molecular flexibility index (Phi) is 7.31. The van der Waals surface area contributed by atoms with Gasteiger partial charge in [0.2, 0.25) is 11.8 Å². The number of carbonyl (C=O) groups excluding carboxylic acids is 3. The number of aliphatic hydroxyl groups excluding tert-OH is 1. The number of alkyl halides is 1. The van der Waals surface area contributed by atoms with Gasteiger partial charge in [-0.15, -0.1) is 11.7 Å². The number of esters is 1. The largest absolute Gasteiger partial charge is 0.466 e. The molecule has 3 saturated heterocycles. The zero-order valence-electron chi connectivity index (χ0n) is 21.4. The summed E-state index contributed by atoms with van der Waals surface area (Å²) in [5.74, 6) is -2.97. The smallest absolute Gasteiger partial charge is 0.312 e. The fourth-order valence-electron chi connectivity index (χ4n) is 6.39. The number of aliphatic hydroxyl groups is 1. The normalized spacial score (nSPS) is 30.5. The highest BCUT2D eigenvalue weighted by Gasteiger charge is 2.77. The fourth-order valence-corrected chi connectivity index (χ4v) is 7.33. The highest BCUT2D eigenvalue weighted by molar-refractivity contribution is 9.09. The molecular formula is C26H32BrN5O6. The number of benzene rings is 1. The van der Waals surface area contributed by atoms with Gasteiger partial charge in [-0.2, -0.15) is 0 Å². The van der Waals surface area contributed by atoms with Gasteiger partial charge in [0.05, 0.1) is 42.7 Å². The number of amides is 2. The summed E-state index contributed by atoms with van der Waals surface area (Å²) in [7, 11) is 0. The number of halogens is 1. The monoisotopic (exact) mass is 589 g/mol. The number of likely N-dealkylation sites (tertiary alicyclic amines) is 1. The van der Waals surface area contributed by atoms with Gasteiger partial charge in [-0.1, -0.05) is 46.3 Å². The number of hydrogen-bond donors (Lipinski definition) is 1. The average Bonchev–Trinajstić information content (AvgIpc) is 3.62. The van der Waals surface area contributed by atoms with Crippen molar-refractivity contribution in [1.82, 2.24) is 24.8 Å². The molecule has 3 unspecified atom stereocenters. The van der Waals surface area contributed by atoms with Gasteiger partial charge in [0.1, 0.15) is 23.8 Å². The van der Waals surface area contributed by atoms with E-state index in [9.17, 15) is 19.5 Å². The molecule has 4 heterocycles. The van der Waals surface area contributed by atoms with Gasteiger partial charge in [-0.3, -0.25) is 14.4 Å². The molecule has 1 N–H and O–H groups in total. The van der Waals surface area contributed by atoms with Crippen molar-refractivity contribution in [2.75, 3.05) is 19.8 Å². The quantitative estimate of drug-likeness (QED) is 0.251. The maximum absolute atomic E-state index is 14.5. The zero-order valence-corrected chi connectivity index (χ0v) is 23.0. The van der Waals surface area contributed by atoms with Crippen molar-refractivity contribution < 1.29 is 29.0 Å². The molecule has 0 saturated carbocycles. The summed E-state index contributed by atoms with van der Waals surface area (Å²) in [5.41, 5.74) is 0.211. The molecule has 2 amide bonds. The van der Waals surface area contributed by atoms with Crippen molar-refractivity contribution in [3.8, 4) is 0 Å². The first-order chi connectivity index (χ1) is 18.3. The lowest BCUT2D eigenvalue weighted by molar-refractivity contribution is -0.156. The van der Waals surface area contributed by atoms with Crippen LogP contribution in [0.3, 0.4) is 0 Å². The van der Waals surface area contributed by atoms with Crippen LogP contribution >= 0.6 is 15.9 Å². The predicted molar refractivity (Wildman–Crippen MR) is 140 cm³/mol. The first-order valence-electron chi connectivity index (χ1n) is 12.9. The molecule has 0 aliphatic carbocycles. The van der Waals surface area contributed by atoms with Crippen LogP contribution in [0.4, 0.5) is 0 Å². The molecule has 3 fully saturated rings. The number of ether oxygens (including phenoxy) is 2. The van der Waals surface area contributed by atoms with E-state index in [-0.39, 0.29) is 43.1 Å². The molecule has 12 heteroatoms. The van der Waals surface area contributed by atoms with Crippen molar-refractivity contribution in [2.24, 2.45) is 11.8 Å². The van der Waals surface area contributed by atoms with Crippen LogP contribution in [0.1, 0.15) is 26.7 Å². The Balaban J connectivity index is 1.57. The van der Waals surface area contributed by atoms with E-state index in [1.165, 1.54) is 4.90 Å². The van der Waals surface area contributed by atoms with Gasteiger partial charge in [-0.05, 0) is 31.9 Å². The SMILES string of the molecule is C=CCN(Cn1nnc2ccccc21)C(=O)C1N([C@@H](CC)CO)C(=O)[C@@H]2[C@H](C(=O)OCC)[C@H]3OC12CC3Br. The lowest BCUT2D eigenvalue weighted by Gasteiger charge is -2.39. The predicted octanol–water partition coefficient (Wildman–Crippen LogP) is 1.49. The van der Waals surface area contributed by atoms with Crippen molar-refractivity contribution >= 4 is 44.7 Å². The van der Waals surface area contributed by atoms with E-state index < -0.39 is 41.6 Å². The second-order valence-electron chi connectivity index (χ2n) is 9.97. The lowest BCUT2D eigenvalue weighted by Crippen LogP contribution is -2.59. The van der Waals surface area contributed by atoms with E-state index in [1.807, 2.05) is 31.2 Å². The summed E-state index contributed by atoms with van der Waals surface area (Å²) in [4.78, 5) is 44.3. The minimum Gasteiger partial charge on any atom is -0.466 e. The van der Waals surface area contributed by atoms with E-state index in [4.69, 9.17) is 9.47 Å². The van der Waals surface area contributed by atoms with E-state index >= 15 is 0 Å². The minimum atomic E-state index is -1.24. The molecule has 2 bridgehead atoms. The molecule has 7 atom stereocenters. The maximum Gasteiger partial charge on any atom is 0.312 e. The second-order valence-corrected chi connectivity index (χ2v) is 11.2. The Labute approximate surface area is 228 Å². The molecule has 0 radical (unpaired) electrons. The lowest BCUT2D eigenvalue weighted by atomic mass is 9.70. The molecule has 11 nitrogen and oxygen atoms in total. The van der Waals surface area contributed by atoms with Crippen molar-refractivity contribution in [3.05, 3.63) is 36.9 Å². The summed E-state index contributed by atoms with van der Waals surface area (Å²) in [6.07, 6.45) is 1.81. The average molecular weight is 590 g/mol. The van der Waals surface area contributed by atoms with Crippen LogP contribution in [0.5, 0.6) is 0 Å². The van der Waals surface area contributed by atoms with E-state index in [2.05, 4.69) is 32.8 Å². The molecule has 1 aromatic heterocycles. The van der Waals surface area contributed by atoms with E-state index in [0.29, 0.717) is 18.4 Å². The number of nitrogens with zero attached hydrogens (tertiary/aromatic N) is 5. The highest BCUT2D eigenvalue weighted by atomic mass is 79.9. The Morgan fingerprint density at radius 2 is 2.16 bits per heavy atom. The topological polar surface area (TPSA) is 127 Å². The van der Waals surface area contributed by atoms with Gasteiger partial charge < -0.3 is 24.4 Å². The Morgan fingerprint density at radius 3 is 2.84 bits per heavy atom. The maximum atomic E-state index is 14.5. The number of aromatic nitrogens is 3.